The van der Waals surface area contributed by atoms with E-state index < -0.39 is 72.1 Å². The Labute approximate surface area is 250 Å². The van der Waals surface area contributed by atoms with E-state index in [4.69, 9.17) is 69.6 Å². The number of benzene rings is 2. The molecule has 3 amide bonds. The highest BCUT2D eigenvalue weighted by Crippen LogP contribution is 2.77. The lowest BCUT2D eigenvalue weighted by molar-refractivity contribution is -0.385. The van der Waals surface area contributed by atoms with Crippen molar-refractivity contribution in [1.29, 1.82) is 0 Å². The van der Waals surface area contributed by atoms with Crippen molar-refractivity contribution < 1.29 is 24.1 Å². The van der Waals surface area contributed by atoms with E-state index in [-0.39, 0.29) is 15.6 Å². The number of hydrogen-bond donors (Lipinski definition) is 0. The third kappa shape index (κ3) is 3.54. The predicted octanol–water partition coefficient (Wildman–Crippen LogP) is 5.28. The number of para-hydroxylation sites is 1. The van der Waals surface area contributed by atoms with Gasteiger partial charge >= 0.3 is 0 Å². The number of hydrazine groups is 1. The zero-order valence-electron chi connectivity index (χ0n) is 19.1. The second kappa shape index (κ2) is 9.33. The Balaban J connectivity index is 1.63. The Bertz CT molecular complexity index is 1470. The van der Waals surface area contributed by atoms with Gasteiger partial charge in [0, 0.05) is 11.6 Å². The fraction of sp³-hybridized carbons (Fsp3) is 0.250. The number of fused-ring (bicyclic) bond motifs is 5. The van der Waals surface area contributed by atoms with Crippen LogP contribution in [0.3, 0.4) is 0 Å². The number of rotatable bonds is 6. The largest absolute Gasteiger partial charge is 0.292 e. The number of amides is 3. The number of hydrogen-bond acceptors (Lipinski definition) is 6. The van der Waals surface area contributed by atoms with Crippen molar-refractivity contribution in [3.8, 4) is 0 Å². The van der Waals surface area contributed by atoms with Crippen molar-refractivity contribution in [2.75, 3.05) is 6.54 Å². The zero-order valence-corrected chi connectivity index (χ0v) is 23.7. The van der Waals surface area contributed by atoms with Gasteiger partial charge in [-0.25, -0.2) is 5.01 Å². The SMILES string of the molecule is O=C(CN(C(=O)c1ccccc1[N+](=O)[O-])N1C(=O)[C@H]2[C@H](C1=O)[C@@]1(Cl)C(Cl)=C(Cl)[C@@]2(Cl)C1(Cl)Cl)c1ccccc1. The maximum Gasteiger partial charge on any atom is 0.282 e. The van der Waals surface area contributed by atoms with E-state index in [1.807, 2.05) is 0 Å². The van der Waals surface area contributed by atoms with Crippen LogP contribution in [0.4, 0.5) is 5.69 Å². The molecule has 0 N–H and O–H groups in total. The van der Waals surface area contributed by atoms with Crippen molar-refractivity contribution >= 4 is 98.8 Å². The van der Waals surface area contributed by atoms with Crippen LogP contribution in [-0.2, 0) is 9.59 Å². The van der Waals surface area contributed by atoms with Crippen LogP contribution in [0, 0.1) is 22.0 Å². The van der Waals surface area contributed by atoms with E-state index in [0.717, 1.165) is 12.1 Å². The van der Waals surface area contributed by atoms with Crippen molar-refractivity contribution in [2.45, 2.75) is 14.1 Å². The monoisotopic (exact) mass is 649 g/mol. The van der Waals surface area contributed by atoms with E-state index in [9.17, 15) is 29.3 Å². The summed E-state index contributed by atoms with van der Waals surface area (Å²) in [5.74, 6) is -7.21. The number of ketones is 1. The molecular formula is C24H13Cl6N3O6. The molecule has 4 atom stereocenters. The molecule has 1 heterocycles. The highest BCUT2D eigenvalue weighted by Gasteiger charge is 2.88. The summed E-state index contributed by atoms with van der Waals surface area (Å²) >= 11 is 39.1. The summed E-state index contributed by atoms with van der Waals surface area (Å²) in [6, 6.07) is 12.6. The molecule has 5 rings (SSSR count). The predicted molar refractivity (Wildman–Crippen MR) is 144 cm³/mol. The number of allylic oxidation sites excluding steroid dienone is 2. The van der Waals surface area contributed by atoms with Crippen LogP contribution >= 0.6 is 69.6 Å². The lowest BCUT2D eigenvalue weighted by Gasteiger charge is -2.36. The van der Waals surface area contributed by atoms with E-state index in [1.165, 1.54) is 24.3 Å². The molecule has 1 aliphatic heterocycles. The first-order chi connectivity index (χ1) is 18.2. The van der Waals surface area contributed by atoms with Gasteiger partial charge in [-0.15, -0.1) is 23.2 Å². The van der Waals surface area contributed by atoms with Gasteiger partial charge in [-0.05, 0) is 6.07 Å². The van der Waals surface area contributed by atoms with Crippen molar-refractivity contribution in [1.82, 2.24) is 10.0 Å². The fourth-order valence-corrected chi connectivity index (χ4v) is 8.18. The van der Waals surface area contributed by atoms with Gasteiger partial charge in [0.15, 0.2) is 10.1 Å². The standard InChI is InChI=1S/C24H13Cl6N3O6/c25-17-18(26)23(28)16-15(22(17,27)24(23,29)30)20(36)32(21(16)37)31(10-14(34)11-6-2-1-3-7-11)19(35)12-8-4-5-9-13(12)33(38)39/h1-9,15-16H,10H2/t15-,16-,22-,23-/m1/s1. The van der Waals surface area contributed by atoms with E-state index in [1.54, 1.807) is 18.2 Å². The maximum absolute atomic E-state index is 13.9. The molecule has 202 valence electrons. The van der Waals surface area contributed by atoms with Gasteiger partial charge < -0.3 is 0 Å². The number of imide groups is 1. The van der Waals surface area contributed by atoms with Gasteiger partial charge in [0.1, 0.15) is 21.9 Å². The molecule has 1 saturated carbocycles. The van der Waals surface area contributed by atoms with Crippen LogP contribution in [-0.4, -0.2) is 59.1 Å². The first-order valence-corrected chi connectivity index (χ1v) is 13.3. The molecular weight excluding hydrogens is 639 g/mol. The first kappa shape index (κ1) is 28.1. The molecule has 2 fully saturated rings. The van der Waals surface area contributed by atoms with Crippen LogP contribution in [0.25, 0.3) is 0 Å². The van der Waals surface area contributed by atoms with Crippen LogP contribution in [0.15, 0.2) is 64.7 Å². The highest BCUT2D eigenvalue weighted by molar-refractivity contribution is 6.66. The minimum absolute atomic E-state index is 0.146. The Kier molecular flexibility index (Phi) is 6.73. The molecule has 0 aromatic heterocycles. The summed E-state index contributed by atoms with van der Waals surface area (Å²) in [5.41, 5.74) is -0.952. The average molecular weight is 652 g/mol. The summed E-state index contributed by atoms with van der Waals surface area (Å²) in [6.45, 7) is -0.849. The van der Waals surface area contributed by atoms with Crippen molar-refractivity contribution in [3.63, 3.8) is 0 Å². The maximum atomic E-state index is 13.9. The number of nitrogens with zero attached hydrogens (tertiary/aromatic N) is 3. The van der Waals surface area contributed by atoms with Crippen LogP contribution in [0.1, 0.15) is 20.7 Å². The Morgan fingerprint density at radius 2 is 1.36 bits per heavy atom. The minimum Gasteiger partial charge on any atom is -0.292 e. The molecule has 2 aromatic rings. The summed E-state index contributed by atoms with van der Waals surface area (Å²) in [4.78, 5) is 61.2. The number of carbonyl (C=O) groups excluding carboxylic acids is 4. The lowest BCUT2D eigenvalue weighted by atomic mass is 9.84. The molecule has 39 heavy (non-hydrogen) atoms. The summed E-state index contributed by atoms with van der Waals surface area (Å²) in [7, 11) is 0. The smallest absolute Gasteiger partial charge is 0.282 e. The highest BCUT2D eigenvalue weighted by atomic mass is 35.5. The Morgan fingerprint density at radius 3 is 1.87 bits per heavy atom. The molecule has 2 aliphatic carbocycles. The fourth-order valence-electron chi connectivity index (χ4n) is 5.26. The number of carbonyl (C=O) groups is 4. The average Bonchev–Trinajstić information content (AvgIpc) is 3.30. The molecule has 1 saturated heterocycles. The lowest BCUT2D eigenvalue weighted by Crippen LogP contribution is -2.56. The molecule has 2 aromatic carbocycles. The van der Waals surface area contributed by atoms with Gasteiger partial charge in [0.2, 0.25) is 0 Å². The van der Waals surface area contributed by atoms with Crippen LogP contribution in [0.5, 0.6) is 0 Å². The van der Waals surface area contributed by atoms with Gasteiger partial charge in [-0.2, -0.15) is 5.01 Å². The van der Waals surface area contributed by atoms with Crippen LogP contribution in [0.2, 0.25) is 0 Å². The molecule has 3 aliphatic rings. The van der Waals surface area contributed by atoms with E-state index in [0.29, 0.717) is 10.0 Å². The quantitative estimate of drug-likeness (QED) is 0.138. The molecule has 0 unspecified atom stereocenters. The normalized spacial score (nSPS) is 28.6. The Morgan fingerprint density at radius 1 is 0.872 bits per heavy atom. The summed E-state index contributed by atoms with van der Waals surface area (Å²) in [5, 5.41) is 11.9. The second-order valence-electron chi connectivity index (χ2n) is 9.00. The number of Topliss-reactive ketones (excluding diaryl/α,β-unsaturated/α-hetero) is 1. The minimum atomic E-state index is -2.21. The Hall–Kier alpha value is -2.40. The number of halogens is 6. The van der Waals surface area contributed by atoms with Gasteiger partial charge in [0.25, 0.3) is 23.4 Å². The third-order valence-corrected chi connectivity index (χ3v) is 11.3. The van der Waals surface area contributed by atoms with E-state index in [2.05, 4.69) is 0 Å². The summed E-state index contributed by atoms with van der Waals surface area (Å²) in [6.07, 6.45) is 0. The van der Waals surface area contributed by atoms with Gasteiger partial charge in [0.05, 0.1) is 26.8 Å². The van der Waals surface area contributed by atoms with Gasteiger partial charge in [-0.3, -0.25) is 29.3 Å². The van der Waals surface area contributed by atoms with Crippen molar-refractivity contribution in [2.24, 2.45) is 11.8 Å². The second-order valence-corrected chi connectivity index (χ2v) is 12.3. The summed E-state index contributed by atoms with van der Waals surface area (Å²) < 4.78 is -2.21. The number of nitro groups is 1. The molecule has 2 bridgehead atoms. The molecule has 0 spiro atoms. The molecule has 0 radical (unpaired) electrons. The molecule has 15 heteroatoms. The topological polar surface area (TPSA) is 118 Å². The van der Waals surface area contributed by atoms with E-state index >= 15 is 0 Å². The van der Waals surface area contributed by atoms with Crippen LogP contribution < -0.4 is 0 Å². The molecule has 9 nitrogen and oxygen atoms in total. The van der Waals surface area contributed by atoms with Crippen molar-refractivity contribution in [3.05, 3.63) is 85.9 Å². The third-order valence-electron chi connectivity index (χ3n) is 7.08. The van der Waals surface area contributed by atoms with Gasteiger partial charge in [-0.1, -0.05) is 88.9 Å². The first-order valence-electron chi connectivity index (χ1n) is 11.1. The number of nitro benzene ring substituents is 1. The zero-order chi connectivity index (χ0) is 28.7. The number of alkyl halides is 4.